The van der Waals surface area contributed by atoms with Gasteiger partial charge in [0.25, 0.3) is 0 Å². The third-order valence-electron chi connectivity index (χ3n) is 1.95. The summed E-state index contributed by atoms with van der Waals surface area (Å²) >= 11 is 0. The van der Waals surface area contributed by atoms with Gasteiger partial charge in [0.05, 0.1) is 5.69 Å². The standard InChI is InChI=1S/C12H9NO.Eu/c1-9-5-4-7-11(13-9)10-6-2-3-8-12(10)14;/h1-8,14H;. The summed E-state index contributed by atoms with van der Waals surface area (Å²) in [6.07, 6.45) is 0. The van der Waals surface area contributed by atoms with Crippen molar-refractivity contribution in [2.24, 2.45) is 0 Å². The van der Waals surface area contributed by atoms with Crippen LogP contribution in [0, 0.1) is 56.3 Å². The summed E-state index contributed by atoms with van der Waals surface area (Å²) in [6.45, 7) is 5.55. The Bertz CT molecular complexity index is 457. The van der Waals surface area contributed by atoms with Crippen LogP contribution >= 0.6 is 0 Å². The number of aromatic hydroxyl groups is 1. The molecule has 0 aliphatic rings. The number of pyridine rings is 1. The van der Waals surface area contributed by atoms with E-state index in [1.807, 2.05) is 18.2 Å². The molecule has 0 unspecified atom stereocenters. The Balaban J connectivity index is 0.00000112. The Morgan fingerprint density at radius 2 is 1.73 bits per heavy atom. The first-order chi connectivity index (χ1) is 6.77. The molecule has 1 aromatic carbocycles. The minimum Gasteiger partial charge on any atom is -0.507 e. The molecule has 2 aromatic rings. The number of phenolic OH excluding ortho intramolecular Hbond substituents is 1. The van der Waals surface area contributed by atoms with E-state index in [1.165, 1.54) is 0 Å². The van der Waals surface area contributed by atoms with E-state index >= 15 is 0 Å². The minimum atomic E-state index is 0. The molecule has 2 nitrogen and oxygen atoms in total. The van der Waals surface area contributed by atoms with Gasteiger partial charge in [-0.15, -0.1) is 0 Å². The van der Waals surface area contributed by atoms with E-state index < -0.39 is 0 Å². The fourth-order valence-electron chi connectivity index (χ4n) is 1.29. The molecule has 0 amide bonds. The molecular formula is C12H9EuNO. The van der Waals surface area contributed by atoms with Gasteiger partial charge < -0.3 is 5.11 Å². The Kier molecular flexibility index (Phi) is 4.90. The molecular weight excluding hydrogens is 326 g/mol. The molecule has 3 radical (unpaired) electrons. The van der Waals surface area contributed by atoms with E-state index in [0.717, 1.165) is 0 Å². The Hall–Kier alpha value is -0.246. The number of nitrogens with zero attached hydrogens (tertiary/aromatic N) is 1. The van der Waals surface area contributed by atoms with Crippen LogP contribution in [-0.4, -0.2) is 10.1 Å². The fraction of sp³-hybridized carbons (Fsp3) is 0. The smallest absolute Gasteiger partial charge is 0.124 e. The van der Waals surface area contributed by atoms with E-state index in [4.69, 9.17) is 6.92 Å². The SMILES string of the molecule is [CH]c1cccc(-c2ccccc2O)n1.[Eu]. The van der Waals surface area contributed by atoms with Gasteiger partial charge in [-0.3, -0.25) is 4.98 Å². The van der Waals surface area contributed by atoms with Crippen molar-refractivity contribution in [3.63, 3.8) is 0 Å². The summed E-state index contributed by atoms with van der Waals surface area (Å²) in [4.78, 5) is 4.12. The maximum atomic E-state index is 9.57. The van der Waals surface area contributed by atoms with Crippen molar-refractivity contribution in [3.8, 4) is 17.0 Å². The van der Waals surface area contributed by atoms with Crippen LogP contribution in [0.2, 0.25) is 0 Å². The molecule has 0 aliphatic heterocycles. The average molecular weight is 335 g/mol. The maximum absolute atomic E-state index is 9.57. The second-order valence-corrected chi connectivity index (χ2v) is 2.96. The second-order valence-electron chi connectivity index (χ2n) is 2.96. The molecule has 0 fully saturated rings. The molecule has 1 heterocycles. The normalized spacial score (nSPS) is 9.40. The van der Waals surface area contributed by atoms with E-state index in [0.29, 0.717) is 17.0 Å². The Morgan fingerprint density at radius 1 is 1.00 bits per heavy atom. The zero-order valence-corrected chi connectivity index (χ0v) is 10.3. The zero-order valence-electron chi connectivity index (χ0n) is 7.89. The zero-order chi connectivity index (χ0) is 9.97. The van der Waals surface area contributed by atoms with Crippen molar-refractivity contribution in [2.45, 2.75) is 0 Å². The molecule has 15 heavy (non-hydrogen) atoms. The quantitative estimate of drug-likeness (QED) is 0.869. The number of hydrogen-bond donors (Lipinski definition) is 1. The minimum absolute atomic E-state index is 0. The summed E-state index contributed by atoms with van der Waals surface area (Å²) in [7, 11) is 0. The third-order valence-corrected chi connectivity index (χ3v) is 1.95. The van der Waals surface area contributed by atoms with Crippen LogP contribution in [0.25, 0.3) is 11.3 Å². The molecule has 1 aromatic heterocycles. The topological polar surface area (TPSA) is 33.1 Å². The van der Waals surface area contributed by atoms with Gasteiger partial charge in [-0.05, 0) is 24.3 Å². The van der Waals surface area contributed by atoms with Gasteiger partial charge in [0.15, 0.2) is 0 Å². The predicted molar refractivity (Wildman–Crippen MR) is 54.7 cm³/mol. The molecule has 0 spiro atoms. The number of aromatic nitrogens is 1. The van der Waals surface area contributed by atoms with Crippen LogP contribution in [0.4, 0.5) is 0 Å². The molecule has 0 aliphatic carbocycles. The molecule has 1 N–H and O–H groups in total. The van der Waals surface area contributed by atoms with Crippen LogP contribution in [0.5, 0.6) is 5.75 Å². The Morgan fingerprint density at radius 3 is 2.40 bits per heavy atom. The first-order valence-corrected chi connectivity index (χ1v) is 4.28. The van der Waals surface area contributed by atoms with Gasteiger partial charge in [0, 0.05) is 67.6 Å². The van der Waals surface area contributed by atoms with Gasteiger partial charge in [-0.1, -0.05) is 18.2 Å². The first-order valence-electron chi connectivity index (χ1n) is 4.28. The maximum Gasteiger partial charge on any atom is 0.124 e. The number of hydrogen-bond acceptors (Lipinski definition) is 2. The van der Waals surface area contributed by atoms with Gasteiger partial charge in [0.1, 0.15) is 5.75 Å². The summed E-state index contributed by atoms with van der Waals surface area (Å²) < 4.78 is 0. The van der Waals surface area contributed by atoms with Crippen molar-refractivity contribution < 1.29 is 54.5 Å². The fourth-order valence-corrected chi connectivity index (χ4v) is 1.29. The van der Waals surface area contributed by atoms with Crippen molar-refractivity contribution in [3.05, 3.63) is 55.1 Å². The summed E-state index contributed by atoms with van der Waals surface area (Å²) in [5, 5.41) is 9.57. The Labute approximate surface area is 130 Å². The summed E-state index contributed by atoms with van der Waals surface area (Å²) in [5.74, 6) is 0.214. The molecule has 0 bridgehead atoms. The monoisotopic (exact) mass is 336 g/mol. The largest absolute Gasteiger partial charge is 0.507 e. The van der Waals surface area contributed by atoms with E-state index in [2.05, 4.69) is 4.98 Å². The second kappa shape index (κ2) is 5.73. The molecule has 75 valence electrons. The van der Waals surface area contributed by atoms with Crippen LogP contribution in [0.3, 0.4) is 0 Å². The van der Waals surface area contributed by atoms with Crippen LogP contribution in [-0.2, 0) is 0 Å². The molecule has 3 heteroatoms. The number of benzene rings is 1. The summed E-state index contributed by atoms with van der Waals surface area (Å²) in [6, 6.07) is 12.4. The first kappa shape index (κ1) is 12.8. The van der Waals surface area contributed by atoms with Gasteiger partial charge >= 0.3 is 0 Å². The van der Waals surface area contributed by atoms with E-state index in [-0.39, 0.29) is 55.1 Å². The van der Waals surface area contributed by atoms with Gasteiger partial charge in [-0.25, -0.2) is 0 Å². The van der Waals surface area contributed by atoms with Crippen molar-refractivity contribution in [1.29, 1.82) is 0 Å². The number of para-hydroxylation sites is 1. The van der Waals surface area contributed by atoms with E-state index in [1.54, 1.807) is 24.3 Å². The van der Waals surface area contributed by atoms with Gasteiger partial charge in [0.2, 0.25) is 0 Å². The number of rotatable bonds is 1. The summed E-state index contributed by atoms with van der Waals surface area (Å²) in [5.41, 5.74) is 1.83. The van der Waals surface area contributed by atoms with Gasteiger partial charge in [-0.2, -0.15) is 0 Å². The average Bonchev–Trinajstić information content (AvgIpc) is 2.18. The molecule has 0 saturated carbocycles. The van der Waals surface area contributed by atoms with E-state index in [9.17, 15) is 5.11 Å². The van der Waals surface area contributed by atoms with Crippen LogP contribution in [0.15, 0.2) is 42.5 Å². The molecule has 0 saturated heterocycles. The van der Waals surface area contributed by atoms with Crippen molar-refractivity contribution in [2.75, 3.05) is 0 Å². The molecule has 2 rings (SSSR count). The van der Waals surface area contributed by atoms with Crippen molar-refractivity contribution >= 4 is 0 Å². The van der Waals surface area contributed by atoms with Crippen LogP contribution < -0.4 is 0 Å². The number of phenols is 1. The molecule has 0 atom stereocenters. The van der Waals surface area contributed by atoms with Crippen LogP contribution in [0.1, 0.15) is 5.69 Å². The van der Waals surface area contributed by atoms with Crippen molar-refractivity contribution in [1.82, 2.24) is 4.98 Å². The predicted octanol–water partition coefficient (Wildman–Crippen LogP) is 2.51. The third kappa shape index (κ3) is 3.10.